The van der Waals surface area contributed by atoms with Gasteiger partial charge in [0, 0.05) is 24.2 Å². The SMILES string of the molecule is O=C(NCCC=Cc1ccnc(Cl)c1F)OCC1c2ccccc2-c2ccccc21. The number of ether oxygens (including phenoxy) is 1. The third-order valence-electron chi connectivity index (χ3n) is 5.10. The lowest BCUT2D eigenvalue weighted by atomic mass is 9.98. The fourth-order valence-electron chi connectivity index (χ4n) is 3.68. The summed E-state index contributed by atoms with van der Waals surface area (Å²) in [6.07, 6.45) is 4.88. The van der Waals surface area contributed by atoms with Crippen LogP contribution in [0, 0.1) is 5.82 Å². The third kappa shape index (κ3) is 4.21. The number of alkyl carbamates (subject to hydrolysis) is 1. The van der Waals surface area contributed by atoms with Crippen molar-refractivity contribution in [3.05, 3.63) is 94.5 Å². The number of nitrogens with zero attached hydrogens (tertiary/aromatic N) is 1. The third-order valence-corrected chi connectivity index (χ3v) is 5.36. The van der Waals surface area contributed by atoms with E-state index in [2.05, 4.69) is 34.6 Å². The lowest BCUT2D eigenvalue weighted by Crippen LogP contribution is -2.26. The molecule has 1 heterocycles. The molecule has 30 heavy (non-hydrogen) atoms. The number of rotatable bonds is 6. The molecule has 0 atom stereocenters. The molecule has 1 aliphatic carbocycles. The Morgan fingerprint density at radius 1 is 1.10 bits per heavy atom. The summed E-state index contributed by atoms with van der Waals surface area (Å²) in [5.41, 5.74) is 5.09. The van der Waals surface area contributed by atoms with Gasteiger partial charge >= 0.3 is 6.09 Å². The van der Waals surface area contributed by atoms with Crippen LogP contribution in [0.25, 0.3) is 17.2 Å². The van der Waals surface area contributed by atoms with Gasteiger partial charge in [-0.05, 0) is 34.7 Å². The van der Waals surface area contributed by atoms with Crippen LogP contribution >= 0.6 is 11.6 Å². The zero-order valence-corrected chi connectivity index (χ0v) is 16.9. The van der Waals surface area contributed by atoms with E-state index in [0.717, 1.165) is 0 Å². The van der Waals surface area contributed by atoms with Gasteiger partial charge in [-0.15, -0.1) is 0 Å². The standard InChI is InChI=1S/C24H20ClFN2O2/c25-23-22(26)16(12-14-27-23)7-5-6-13-28-24(29)30-15-21-19-10-3-1-8-17(19)18-9-2-4-11-20(18)21/h1-5,7-12,14,21H,6,13,15H2,(H,28,29). The second kappa shape index (κ2) is 9.09. The number of amides is 1. The number of carbonyl (C=O) groups excluding carboxylic acids is 1. The van der Waals surface area contributed by atoms with Gasteiger partial charge in [0.2, 0.25) is 0 Å². The van der Waals surface area contributed by atoms with E-state index < -0.39 is 11.9 Å². The van der Waals surface area contributed by atoms with E-state index in [0.29, 0.717) is 18.5 Å². The van der Waals surface area contributed by atoms with Gasteiger partial charge < -0.3 is 10.1 Å². The number of fused-ring (bicyclic) bond motifs is 3. The number of nitrogens with one attached hydrogen (secondary N) is 1. The van der Waals surface area contributed by atoms with Crippen LogP contribution in [0.3, 0.4) is 0 Å². The zero-order valence-electron chi connectivity index (χ0n) is 16.1. The Bertz CT molecular complexity index is 1050. The molecule has 0 unspecified atom stereocenters. The molecule has 0 saturated heterocycles. The molecule has 0 radical (unpaired) electrons. The number of halogens is 2. The second-order valence-corrected chi connectivity index (χ2v) is 7.31. The molecular weight excluding hydrogens is 403 g/mol. The summed E-state index contributed by atoms with van der Waals surface area (Å²) in [7, 11) is 0. The zero-order chi connectivity index (χ0) is 20.9. The highest BCUT2D eigenvalue weighted by atomic mass is 35.5. The normalized spacial score (nSPS) is 12.6. The summed E-state index contributed by atoms with van der Waals surface area (Å²) in [5.74, 6) is -0.526. The molecule has 4 rings (SSSR count). The van der Waals surface area contributed by atoms with E-state index in [1.54, 1.807) is 12.2 Å². The van der Waals surface area contributed by atoms with Crippen molar-refractivity contribution < 1.29 is 13.9 Å². The topological polar surface area (TPSA) is 51.2 Å². The van der Waals surface area contributed by atoms with Crippen LogP contribution in [0.15, 0.2) is 66.9 Å². The van der Waals surface area contributed by atoms with Crippen molar-refractivity contribution in [2.75, 3.05) is 13.2 Å². The maximum Gasteiger partial charge on any atom is 0.407 e. The first kappa shape index (κ1) is 20.1. The Morgan fingerprint density at radius 2 is 1.77 bits per heavy atom. The molecular formula is C24H20ClFN2O2. The molecule has 1 aromatic heterocycles. The lowest BCUT2D eigenvalue weighted by Gasteiger charge is -2.14. The Morgan fingerprint density at radius 3 is 2.47 bits per heavy atom. The highest BCUT2D eigenvalue weighted by Gasteiger charge is 2.28. The van der Waals surface area contributed by atoms with Gasteiger partial charge in [0.25, 0.3) is 0 Å². The molecule has 0 bridgehead atoms. The minimum absolute atomic E-state index is 0.0301. The first-order valence-electron chi connectivity index (χ1n) is 9.70. The average Bonchev–Trinajstić information content (AvgIpc) is 3.09. The van der Waals surface area contributed by atoms with Crippen molar-refractivity contribution in [2.45, 2.75) is 12.3 Å². The Kier molecular flexibility index (Phi) is 6.10. The quantitative estimate of drug-likeness (QED) is 0.402. The summed E-state index contributed by atoms with van der Waals surface area (Å²) < 4.78 is 19.2. The van der Waals surface area contributed by atoms with Gasteiger partial charge in [-0.3, -0.25) is 0 Å². The number of benzene rings is 2. The minimum Gasteiger partial charge on any atom is -0.449 e. The van der Waals surface area contributed by atoms with Crippen molar-refractivity contribution in [2.24, 2.45) is 0 Å². The summed E-state index contributed by atoms with van der Waals surface area (Å²) in [4.78, 5) is 15.8. The molecule has 0 saturated carbocycles. The van der Waals surface area contributed by atoms with Gasteiger partial charge in [0.15, 0.2) is 11.0 Å². The number of carbonyl (C=O) groups is 1. The molecule has 0 spiro atoms. The molecule has 152 valence electrons. The molecule has 0 aliphatic heterocycles. The number of hydrogen-bond donors (Lipinski definition) is 1. The minimum atomic E-state index is -0.556. The maximum atomic E-state index is 13.8. The first-order chi connectivity index (χ1) is 14.6. The van der Waals surface area contributed by atoms with E-state index >= 15 is 0 Å². The van der Waals surface area contributed by atoms with Crippen LogP contribution < -0.4 is 5.32 Å². The summed E-state index contributed by atoms with van der Waals surface area (Å²) in [5, 5.41) is 2.56. The van der Waals surface area contributed by atoms with E-state index in [9.17, 15) is 9.18 Å². The van der Waals surface area contributed by atoms with Crippen molar-refractivity contribution in [1.29, 1.82) is 0 Å². The van der Waals surface area contributed by atoms with Crippen molar-refractivity contribution in [1.82, 2.24) is 10.3 Å². The van der Waals surface area contributed by atoms with E-state index in [4.69, 9.17) is 16.3 Å². The van der Waals surface area contributed by atoms with Crippen LogP contribution in [0.4, 0.5) is 9.18 Å². The predicted octanol–water partition coefficient (Wildman–Crippen LogP) is 5.82. The van der Waals surface area contributed by atoms with Gasteiger partial charge in [-0.25, -0.2) is 14.2 Å². The highest BCUT2D eigenvalue weighted by Crippen LogP contribution is 2.44. The molecule has 0 fully saturated rings. The van der Waals surface area contributed by atoms with E-state index in [-0.39, 0.29) is 17.7 Å². The van der Waals surface area contributed by atoms with E-state index in [1.807, 2.05) is 24.3 Å². The van der Waals surface area contributed by atoms with Crippen LogP contribution in [-0.2, 0) is 4.74 Å². The van der Waals surface area contributed by atoms with Crippen LogP contribution in [-0.4, -0.2) is 24.2 Å². The molecule has 2 aromatic carbocycles. The number of hydrogen-bond acceptors (Lipinski definition) is 3. The highest BCUT2D eigenvalue weighted by molar-refractivity contribution is 6.29. The summed E-state index contributed by atoms with van der Waals surface area (Å²) in [6, 6.07) is 17.9. The second-order valence-electron chi connectivity index (χ2n) is 6.95. The maximum absolute atomic E-state index is 13.8. The molecule has 1 N–H and O–H groups in total. The van der Waals surface area contributed by atoms with Crippen molar-refractivity contribution in [3.8, 4) is 11.1 Å². The Hall–Kier alpha value is -3.18. The van der Waals surface area contributed by atoms with Gasteiger partial charge in [-0.2, -0.15) is 0 Å². The predicted molar refractivity (Wildman–Crippen MR) is 116 cm³/mol. The largest absolute Gasteiger partial charge is 0.449 e. The molecule has 1 amide bonds. The number of pyridine rings is 1. The van der Waals surface area contributed by atoms with Gasteiger partial charge in [0.1, 0.15) is 6.61 Å². The number of aromatic nitrogens is 1. The molecule has 4 nitrogen and oxygen atoms in total. The summed E-state index contributed by atoms with van der Waals surface area (Å²) in [6.45, 7) is 0.657. The van der Waals surface area contributed by atoms with Crippen LogP contribution in [0.5, 0.6) is 0 Å². The monoisotopic (exact) mass is 422 g/mol. The van der Waals surface area contributed by atoms with Gasteiger partial charge in [-0.1, -0.05) is 72.3 Å². The van der Waals surface area contributed by atoms with Crippen LogP contribution in [0.1, 0.15) is 29.0 Å². The average molecular weight is 423 g/mol. The van der Waals surface area contributed by atoms with E-state index in [1.165, 1.54) is 34.5 Å². The van der Waals surface area contributed by atoms with Crippen LogP contribution in [0.2, 0.25) is 5.15 Å². The first-order valence-corrected chi connectivity index (χ1v) is 10.1. The molecule has 1 aliphatic rings. The fraction of sp³-hybridized carbons (Fsp3) is 0.167. The Labute approximate surface area is 179 Å². The summed E-state index contributed by atoms with van der Waals surface area (Å²) >= 11 is 5.65. The Balaban J connectivity index is 1.28. The lowest BCUT2D eigenvalue weighted by molar-refractivity contribution is 0.143. The molecule has 6 heteroatoms. The van der Waals surface area contributed by atoms with Gasteiger partial charge in [0.05, 0.1) is 0 Å². The van der Waals surface area contributed by atoms with Crippen molar-refractivity contribution >= 4 is 23.8 Å². The smallest absolute Gasteiger partial charge is 0.407 e. The van der Waals surface area contributed by atoms with Crippen molar-refractivity contribution in [3.63, 3.8) is 0 Å². The molecule has 3 aromatic rings. The fourth-order valence-corrected chi connectivity index (χ4v) is 3.84.